The molecule has 12 atom stereocenters. The van der Waals surface area contributed by atoms with Crippen LogP contribution in [0.4, 0.5) is 0 Å². The van der Waals surface area contributed by atoms with E-state index in [2.05, 4.69) is 55.4 Å². The Morgan fingerprint density at radius 3 is 2.14 bits per heavy atom. The van der Waals surface area contributed by atoms with Gasteiger partial charge in [0.1, 0.15) is 0 Å². The van der Waals surface area contributed by atoms with Crippen molar-refractivity contribution in [2.75, 3.05) is 0 Å². The summed E-state index contributed by atoms with van der Waals surface area (Å²) in [6.07, 6.45) is 12.9. The second-order valence-electron chi connectivity index (χ2n) is 15.1. The molecule has 5 rings (SSSR count). The van der Waals surface area contributed by atoms with Gasteiger partial charge in [-0.15, -0.1) is 0 Å². The number of aliphatic hydroxyl groups excluding tert-OH is 1. The number of hydrogen-bond donors (Lipinski definition) is 1. The summed E-state index contributed by atoms with van der Waals surface area (Å²) in [5.41, 5.74) is 0.726. The van der Waals surface area contributed by atoms with Crippen LogP contribution in [0.15, 0.2) is 0 Å². The molecule has 0 spiro atoms. The molecule has 1 saturated heterocycles. The maximum Gasteiger partial charge on any atom is 0.163 e. The van der Waals surface area contributed by atoms with Crippen molar-refractivity contribution in [1.82, 2.24) is 0 Å². The third kappa shape index (κ3) is 4.26. The lowest BCUT2D eigenvalue weighted by molar-refractivity contribution is -0.190. The van der Waals surface area contributed by atoms with Crippen LogP contribution in [0.2, 0.25) is 0 Å². The fourth-order valence-electron chi connectivity index (χ4n) is 10.8. The second kappa shape index (κ2) is 9.26. The smallest absolute Gasteiger partial charge is 0.163 e. The van der Waals surface area contributed by atoms with Crippen LogP contribution >= 0.6 is 0 Å². The van der Waals surface area contributed by atoms with Crippen LogP contribution in [-0.2, 0) is 9.47 Å². The Morgan fingerprint density at radius 2 is 1.46 bits per heavy atom. The van der Waals surface area contributed by atoms with Gasteiger partial charge in [-0.25, -0.2) is 0 Å². The van der Waals surface area contributed by atoms with E-state index >= 15 is 0 Å². The summed E-state index contributed by atoms with van der Waals surface area (Å²) in [5.74, 6) is 5.38. The molecule has 4 saturated carbocycles. The maximum atomic E-state index is 10.6. The highest BCUT2D eigenvalue weighted by atomic mass is 16.8. The van der Waals surface area contributed by atoms with E-state index in [1.54, 1.807) is 0 Å². The van der Waals surface area contributed by atoms with Crippen molar-refractivity contribution >= 4 is 0 Å². The molecule has 0 bridgehead atoms. The first-order valence-electron chi connectivity index (χ1n) is 15.4. The zero-order valence-electron chi connectivity index (χ0n) is 24.2. The van der Waals surface area contributed by atoms with Crippen LogP contribution in [0.25, 0.3) is 0 Å². The summed E-state index contributed by atoms with van der Waals surface area (Å²) in [4.78, 5) is 0. The Balaban J connectivity index is 1.40. The van der Waals surface area contributed by atoms with Gasteiger partial charge in [0.15, 0.2) is 5.79 Å². The predicted molar refractivity (Wildman–Crippen MR) is 143 cm³/mol. The van der Waals surface area contributed by atoms with Gasteiger partial charge in [-0.05, 0) is 123 Å². The summed E-state index contributed by atoms with van der Waals surface area (Å²) in [5, 5.41) is 10.6. The number of rotatable bonds is 6. The van der Waals surface area contributed by atoms with E-state index in [9.17, 15) is 5.11 Å². The van der Waals surface area contributed by atoms with E-state index in [1.807, 2.05) is 0 Å². The zero-order valence-corrected chi connectivity index (χ0v) is 24.2. The summed E-state index contributed by atoms with van der Waals surface area (Å²) >= 11 is 0. The molecular weight excluding hydrogens is 432 g/mol. The number of fused-ring (bicyclic) bond motifs is 8. The minimum absolute atomic E-state index is 0.154. The van der Waals surface area contributed by atoms with Crippen molar-refractivity contribution in [1.29, 1.82) is 0 Å². The lowest BCUT2D eigenvalue weighted by Gasteiger charge is -2.63. The van der Waals surface area contributed by atoms with Crippen LogP contribution in [0, 0.1) is 58.2 Å². The summed E-state index contributed by atoms with van der Waals surface area (Å²) in [7, 11) is 0. The van der Waals surface area contributed by atoms with Gasteiger partial charge in [0.05, 0.1) is 18.3 Å². The van der Waals surface area contributed by atoms with E-state index < -0.39 is 5.79 Å². The number of aliphatic hydroxyl groups is 1. The van der Waals surface area contributed by atoms with E-state index in [0.717, 1.165) is 54.8 Å². The van der Waals surface area contributed by atoms with Crippen molar-refractivity contribution < 1.29 is 14.6 Å². The monoisotopic (exact) mass is 488 g/mol. The highest BCUT2D eigenvalue weighted by Gasteiger charge is 2.68. The van der Waals surface area contributed by atoms with Gasteiger partial charge in [0.2, 0.25) is 0 Å². The fraction of sp³-hybridized carbons (Fsp3) is 1.00. The average Bonchev–Trinajstić information content (AvgIpc) is 3.30. The molecule has 5 aliphatic rings. The third-order valence-electron chi connectivity index (χ3n) is 12.7. The molecule has 4 aliphatic carbocycles. The van der Waals surface area contributed by atoms with Crippen molar-refractivity contribution in [3.63, 3.8) is 0 Å². The molecule has 3 nitrogen and oxygen atoms in total. The minimum atomic E-state index is -0.501. The van der Waals surface area contributed by atoms with Crippen molar-refractivity contribution in [2.24, 2.45) is 58.2 Å². The highest BCUT2D eigenvalue weighted by Crippen LogP contribution is 2.70. The SMILES string of the molecule is CC[C@H](CC[C@@H](C)[C@H]1CC[C@H]2[C@@H]3[C@H]4OC(C)(C)O[C@@H]4[C@H]4C[C@@H](O)CC[C@]4(C)[C@H]3CC[C@]12C)C(C)C. The molecular formula is C32H56O3. The topological polar surface area (TPSA) is 38.7 Å². The molecule has 0 aromatic carbocycles. The number of hydrogen-bond acceptors (Lipinski definition) is 3. The highest BCUT2D eigenvalue weighted by molar-refractivity contribution is 5.16. The summed E-state index contributed by atoms with van der Waals surface area (Å²) in [6.45, 7) is 19.3. The maximum absolute atomic E-state index is 10.6. The van der Waals surface area contributed by atoms with Crippen LogP contribution in [0.1, 0.15) is 120 Å². The lowest BCUT2D eigenvalue weighted by atomic mass is 9.43. The van der Waals surface area contributed by atoms with Crippen molar-refractivity contribution in [2.45, 2.75) is 144 Å². The molecule has 0 aromatic heterocycles. The van der Waals surface area contributed by atoms with Gasteiger partial charge >= 0.3 is 0 Å². The van der Waals surface area contributed by atoms with Crippen LogP contribution < -0.4 is 0 Å². The third-order valence-corrected chi connectivity index (χ3v) is 12.7. The Labute approximate surface area is 216 Å². The molecule has 1 heterocycles. The Morgan fingerprint density at radius 1 is 0.800 bits per heavy atom. The van der Waals surface area contributed by atoms with Gasteiger partial charge in [0.25, 0.3) is 0 Å². The first-order valence-corrected chi connectivity index (χ1v) is 15.4. The fourth-order valence-corrected chi connectivity index (χ4v) is 10.8. The van der Waals surface area contributed by atoms with Crippen LogP contribution in [0.5, 0.6) is 0 Å². The summed E-state index contributed by atoms with van der Waals surface area (Å²) < 4.78 is 13.5. The Kier molecular flexibility index (Phi) is 7.01. The Hall–Kier alpha value is -0.120. The van der Waals surface area contributed by atoms with Crippen LogP contribution in [-0.4, -0.2) is 29.2 Å². The van der Waals surface area contributed by atoms with E-state index in [1.165, 1.54) is 44.9 Å². The standard InChI is InChI=1S/C32H56O3/c1-9-21(19(2)3)11-10-20(4)23-12-13-24-27-25(15-17-31(23,24)7)32(8)16-14-22(33)18-26(32)28-29(27)35-30(5,6)34-28/h19-29,33H,9-18H2,1-8H3/t20-,21-,22+,23-,24+,25+,26-,27+,28-,29-,31-,32-/m1/s1. The predicted octanol–water partition coefficient (Wildman–Crippen LogP) is 7.84. The molecule has 202 valence electrons. The lowest BCUT2D eigenvalue weighted by Crippen LogP contribution is -2.63. The van der Waals surface area contributed by atoms with Gasteiger partial charge < -0.3 is 14.6 Å². The van der Waals surface area contributed by atoms with Crippen LogP contribution in [0.3, 0.4) is 0 Å². The molecule has 3 heteroatoms. The van der Waals surface area contributed by atoms with Gasteiger partial charge in [-0.3, -0.25) is 0 Å². The molecule has 0 radical (unpaired) electrons. The summed E-state index contributed by atoms with van der Waals surface area (Å²) in [6, 6.07) is 0. The van der Waals surface area contributed by atoms with Gasteiger partial charge in [0, 0.05) is 0 Å². The van der Waals surface area contributed by atoms with Gasteiger partial charge in [-0.2, -0.15) is 0 Å². The minimum Gasteiger partial charge on any atom is -0.393 e. The molecule has 1 N–H and O–H groups in total. The first kappa shape index (κ1) is 26.5. The quantitative estimate of drug-likeness (QED) is 0.414. The average molecular weight is 489 g/mol. The second-order valence-corrected chi connectivity index (χ2v) is 15.1. The van der Waals surface area contributed by atoms with Crippen molar-refractivity contribution in [3.05, 3.63) is 0 Å². The van der Waals surface area contributed by atoms with Crippen molar-refractivity contribution in [3.8, 4) is 0 Å². The Bertz CT molecular complexity index is 762. The number of ether oxygens (including phenoxy) is 2. The molecule has 5 fully saturated rings. The van der Waals surface area contributed by atoms with E-state index in [4.69, 9.17) is 9.47 Å². The molecule has 35 heavy (non-hydrogen) atoms. The van der Waals surface area contributed by atoms with Gasteiger partial charge in [-0.1, -0.05) is 54.4 Å². The normalized spacial score (nSPS) is 50.2. The van der Waals surface area contributed by atoms with E-state index in [-0.39, 0.29) is 23.7 Å². The molecule has 1 aliphatic heterocycles. The largest absolute Gasteiger partial charge is 0.393 e. The zero-order chi connectivity index (χ0) is 25.3. The molecule has 0 aromatic rings. The first-order chi connectivity index (χ1) is 16.4. The van der Waals surface area contributed by atoms with E-state index in [0.29, 0.717) is 17.3 Å². The molecule has 0 amide bonds. The molecule has 0 unspecified atom stereocenters.